The number of halogens is 1. The molecule has 2 heterocycles. The second kappa shape index (κ2) is 21.7. The first-order valence-electron chi connectivity index (χ1n) is 15.1. The zero-order valence-corrected chi connectivity index (χ0v) is 28.2. The summed E-state index contributed by atoms with van der Waals surface area (Å²) in [5.74, 6) is -0.721. The molecule has 1 atom stereocenters. The third kappa shape index (κ3) is 12.6. The Balaban J connectivity index is 0.00000376. The predicted molar refractivity (Wildman–Crippen MR) is 176 cm³/mol. The zero-order chi connectivity index (χ0) is 34.6. The molecule has 2 aromatic heterocycles. The minimum atomic E-state index is -1.02. The molecular formula is C32H44ClN5O9. The van der Waals surface area contributed by atoms with E-state index < -0.39 is 17.9 Å². The van der Waals surface area contributed by atoms with Crippen molar-refractivity contribution in [2.75, 3.05) is 67.0 Å². The maximum atomic E-state index is 13.0. The number of aromatic nitrogens is 3. The number of nitrogens with one attached hydrogen (secondary N) is 1. The van der Waals surface area contributed by atoms with Gasteiger partial charge in [-0.3, -0.25) is 9.59 Å². The molecule has 1 unspecified atom stereocenters. The summed E-state index contributed by atoms with van der Waals surface area (Å²) in [7, 11) is 4.23. The lowest BCUT2D eigenvalue weighted by Crippen LogP contribution is -2.43. The lowest BCUT2D eigenvalue weighted by molar-refractivity contribution is -0.142. The topological polar surface area (TPSA) is 175 Å². The van der Waals surface area contributed by atoms with E-state index in [-0.39, 0.29) is 35.2 Å². The molecule has 0 aliphatic heterocycles. The highest BCUT2D eigenvalue weighted by molar-refractivity contribution is 6.32. The highest BCUT2D eigenvalue weighted by Gasteiger charge is 2.24. The van der Waals surface area contributed by atoms with Crippen molar-refractivity contribution in [2.45, 2.75) is 26.3 Å². The number of amides is 1. The highest BCUT2D eigenvalue weighted by atomic mass is 35.5. The van der Waals surface area contributed by atoms with Gasteiger partial charge in [0.2, 0.25) is 5.88 Å². The normalized spacial score (nSPS) is 11.2. The first kappa shape index (κ1) is 39.1. The smallest absolute Gasteiger partial charge is 0.328 e. The van der Waals surface area contributed by atoms with Crippen LogP contribution in [-0.4, -0.2) is 99.7 Å². The number of methoxy groups -OCH3 is 2. The molecule has 258 valence electrons. The van der Waals surface area contributed by atoms with E-state index >= 15 is 0 Å². The zero-order valence-electron chi connectivity index (χ0n) is 27.5. The molecule has 0 saturated heterocycles. The van der Waals surface area contributed by atoms with Crippen LogP contribution in [0.25, 0.3) is 11.1 Å². The molecule has 3 N–H and O–H groups in total. The van der Waals surface area contributed by atoms with Gasteiger partial charge in [0.15, 0.2) is 5.75 Å². The number of pyridine rings is 1. The Kier molecular flexibility index (Phi) is 18.0. The molecule has 3 rings (SSSR count). The number of rotatable bonds is 19. The molecule has 15 heteroatoms. The van der Waals surface area contributed by atoms with E-state index in [1.54, 1.807) is 31.3 Å². The van der Waals surface area contributed by atoms with Crippen LogP contribution in [0.2, 0.25) is 5.15 Å². The van der Waals surface area contributed by atoms with Gasteiger partial charge < -0.3 is 39.5 Å². The molecule has 0 spiro atoms. The fourth-order valence-corrected chi connectivity index (χ4v) is 4.29. The molecule has 0 radical (unpaired) electrons. The largest absolute Gasteiger partial charge is 0.494 e. The first-order valence-corrected chi connectivity index (χ1v) is 15.5. The van der Waals surface area contributed by atoms with Crippen molar-refractivity contribution < 1.29 is 38.0 Å². The Hall–Kier alpha value is -4.08. The Morgan fingerprint density at radius 2 is 1.55 bits per heavy atom. The number of aryl methyl sites for hydroxylation is 1. The van der Waals surface area contributed by atoms with Crippen LogP contribution in [0.1, 0.15) is 29.8 Å². The van der Waals surface area contributed by atoms with Crippen LogP contribution in [0.15, 0.2) is 47.4 Å². The van der Waals surface area contributed by atoms with Crippen molar-refractivity contribution in [1.82, 2.24) is 20.1 Å². The fraction of sp³-hybridized carbons (Fsp3) is 0.469. The molecule has 0 fully saturated rings. The molecule has 0 saturated carbocycles. The summed E-state index contributed by atoms with van der Waals surface area (Å²) in [6, 6.07) is 8.86. The number of nitrogens with zero attached hydrogens (tertiary/aromatic N) is 3. The summed E-state index contributed by atoms with van der Waals surface area (Å²) < 4.78 is 33.0. The lowest BCUT2D eigenvalue weighted by Gasteiger charge is -2.17. The van der Waals surface area contributed by atoms with E-state index in [9.17, 15) is 14.4 Å². The Morgan fingerprint density at radius 3 is 2.13 bits per heavy atom. The number of hydrogen-bond acceptors (Lipinski definition) is 12. The van der Waals surface area contributed by atoms with Crippen LogP contribution >= 0.6 is 11.6 Å². The molecule has 47 heavy (non-hydrogen) atoms. The van der Waals surface area contributed by atoms with Crippen LogP contribution in [0.5, 0.6) is 11.6 Å². The van der Waals surface area contributed by atoms with E-state index in [1.165, 1.54) is 37.2 Å². The van der Waals surface area contributed by atoms with E-state index in [0.29, 0.717) is 68.6 Å². The third-order valence-electron chi connectivity index (χ3n) is 6.35. The van der Waals surface area contributed by atoms with Crippen molar-refractivity contribution in [3.05, 3.63) is 69.2 Å². The Morgan fingerprint density at radius 1 is 0.936 bits per heavy atom. The average molecular weight is 678 g/mol. The molecule has 3 aromatic rings. The molecule has 0 aliphatic rings. The molecular weight excluding hydrogens is 634 g/mol. The summed E-state index contributed by atoms with van der Waals surface area (Å²) in [5, 5.41) is 6.53. The van der Waals surface area contributed by atoms with E-state index in [1.807, 2.05) is 13.8 Å². The van der Waals surface area contributed by atoms with Gasteiger partial charge in [0.1, 0.15) is 17.8 Å². The Labute approximate surface area is 279 Å². The maximum Gasteiger partial charge on any atom is 0.328 e. The number of carbonyl (C=O) groups excluding carboxylic acids is 2. The van der Waals surface area contributed by atoms with Crippen molar-refractivity contribution in [1.29, 1.82) is 0 Å². The standard InChI is InChI=1S/C30H38ClN5O9.C2H6/c1-36-29(38)26(24(40-2)19-33-36)21-6-4-20(5-7-21)18-23(30(39)41-3)34-28(37)22-8-9-25(35-27(22)31)45-17-16-44-15-14-43-13-12-42-11-10-32;1-2/h4-9,19,23H,10-18,32H2,1-3H3,(H,34,37);1-2H3. The van der Waals surface area contributed by atoms with Gasteiger partial charge in [0.25, 0.3) is 11.5 Å². The minimum Gasteiger partial charge on any atom is -0.494 e. The number of carbonyl (C=O) groups is 2. The highest BCUT2D eigenvalue weighted by Crippen LogP contribution is 2.26. The lowest BCUT2D eigenvalue weighted by atomic mass is 10.0. The summed E-state index contributed by atoms with van der Waals surface area (Å²) >= 11 is 6.27. The molecule has 1 aromatic carbocycles. The number of nitrogens with two attached hydrogens (primary N) is 1. The summed E-state index contributed by atoms with van der Waals surface area (Å²) in [6.45, 7) is 7.22. The van der Waals surface area contributed by atoms with Crippen LogP contribution < -0.4 is 26.1 Å². The SMILES string of the molecule is CC.COC(=O)C(Cc1ccc(-c2c(OC)cnn(C)c2=O)cc1)NC(=O)c1ccc(OCCOCCOCCOCCN)nc1Cl. The van der Waals surface area contributed by atoms with Crippen LogP contribution in [0.4, 0.5) is 0 Å². The fourth-order valence-electron chi connectivity index (χ4n) is 4.06. The van der Waals surface area contributed by atoms with Gasteiger partial charge in [0, 0.05) is 26.1 Å². The van der Waals surface area contributed by atoms with Gasteiger partial charge in [-0.15, -0.1) is 0 Å². The average Bonchev–Trinajstić information content (AvgIpc) is 3.09. The first-order chi connectivity index (χ1) is 22.8. The maximum absolute atomic E-state index is 13.0. The quantitative estimate of drug-likeness (QED) is 0.108. The van der Waals surface area contributed by atoms with Gasteiger partial charge in [0.05, 0.1) is 71.2 Å². The minimum absolute atomic E-state index is 0.0535. The second-order valence-corrected chi connectivity index (χ2v) is 9.79. The van der Waals surface area contributed by atoms with E-state index in [4.69, 9.17) is 45.8 Å². The summed E-state index contributed by atoms with van der Waals surface area (Å²) in [5.41, 5.74) is 6.74. The third-order valence-corrected chi connectivity index (χ3v) is 6.64. The van der Waals surface area contributed by atoms with Gasteiger partial charge in [-0.05, 0) is 17.2 Å². The molecule has 1 amide bonds. The summed E-state index contributed by atoms with van der Waals surface area (Å²) in [6.07, 6.45) is 1.58. The van der Waals surface area contributed by atoms with Gasteiger partial charge >= 0.3 is 5.97 Å². The molecule has 0 bridgehead atoms. The van der Waals surface area contributed by atoms with Crippen molar-refractivity contribution in [3.8, 4) is 22.8 Å². The van der Waals surface area contributed by atoms with Crippen molar-refractivity contribution >= 4 is 23.5 Å². The van der Waals surface area contributed by atoms with Gasteiger partial charge in [-0.25, -0.2) is 14.5 Å². The van der Waals surface area contributed by atoms with E-state index in [0.717, 1.165) is 0 Å². The van der Waals surface area contributed by atoms with Gasteiger partial charge in [-0.1, -0.05) is 49.7 Å². The van der Waals surface area contributed by atoms with Crippen molar-refractivity contribution in [3.63, 3.8) is 0 Å². The summed E-state index contributed by atoms with van der Waals surface area (Å²) in [4.78, 5) is 42.4. The Bertz CT molecular complexity index is 1450. The molecule has 14 nitrogen and oxygen atoms in total. The van der Waals surface area contributed by atoms with Crippen LogP contribution in [0, 0.1) is 0 Å². The van der Waals surface area contributed by atoms with Gasteiger partial charge in [-0.2, -0.15) is 5.10 Å². The second-order valence-electron chi connectivity index (χ2n) is 9.43. The number of hydrogen-bond donors (Lipinski definition) is 2. The van der Waals surface area contributed by atoms with Crippen molar-refractivity contribution in [2.24, 2.45) is 12.8 Å². The number of benzene rings is 1. The van der Waals surface area contributed by atoms with Crippen LogP contribution in [0.3, 0.4) is 0 Å². The monoisotopic (exact) mass is 677 g/mol. The predicted octanol–water partition coefficient (Wildman–Crippen LogP) is 2.43. The number of ether oxygens (including phenoxy) is 6. The van der Waals surface area contributed by atoms with Crippen LogP contribution in [-0.2, 0) is 37.2 Å². The van der Waals surface area contributed by atoms with E-state index in [2.05, 4.69) is 15.4 Å². The molecule has 0 aliphatic carbocycles. The number of esters is 1.